The molecule has 3 aromatic rings. The van der Waals surface area contributed by atoms with Crippen LogP contribution in [0.15, 0.2) is 47.8 Å². The first-order chi connectivity index (χ1) is 12.3. The molecule has 26 heavy (non-hydrogen) atoms. The SMILES string of the molecule is Cn1nccc1OC(=O)c1ccc(S(C)(=O)=O)c(Cn2cccn2)c1Cl. The van der Waals surface area contributed by atoms with Crippen molar-refractivity contribution in [3.63, 3.8) is 0 Å². The predicted octanol–water partition coefficient (Wildman–Crippen LogP) is 1.94. The number of carbonyl (C=O) groups excluding carboxylic acids is 1. The van der Waals surface area contributed by atoms with Crippen LogP contribution in [0.5, 0.6) is 5.88 Å². The zero-order valence-electron chi connectivity index (χ0n) is 14.0. The van der Waals surface area contributed by atoms with Crippen molar-refractivity contribution >= 4 is 27.4 Å². The lowest BCUT2D eigenvalue weighted by Crippen LogP contribution is -2.15. The van der Waals surface area contributed by atoms with Crippen molar-refractivity contribution in [3.05, 3.63) is 59.0 Å². The van der Waals surface area contributed by atoms with E-state index in [1.165, 1.54) is 33.8 Å². The number of rotatable bonds is 5. The van der Waals surface area contributed by atoms with Crippen LogP contribution in [0, 0.1) is 0 Å². The summed E-state index contributed by atoms with van der Waals surface area (Å²) in [6.07, 6.45) is 5.80. The zero-order chi connectivity index (χ0) is 18.9. The molecule has 0 fully saturated rings. The van der Waals surface area contributed by atoms with E-state index in [1.54, 1.807) is 25.5 Å². The van der Waals surface area contributed by atoms with E-state index < -0.39 is 15.8 Å². The Labute approximate surface area is 154 Å². The summed E-state index contributed by atoms with van der Waals surface area (Å²) in [5, 5.41) is 7.98. The molecule has 0 spiro atoms. The van der Waals surface area contributed by atoms with Crippen molar-refractivity contribution in [2.75, 3.05) is 6.26 Å². The molecule has 0 unspecified atom stereocenters. The van der Waals surface area contributed by atoms with Gasteiger partial charge in [0.15, 0.2) is 9.84 Å². The third kappa shape index (κ3) is 3.63. The van der Waals surface area contributed by atoms with E-state index in [0.29, 0.717) is 0 Å². The van der Waals surface area contributed by atoms with Gasteiger partial charge in [-0.2, -0.15) is 10.2 Å². The molecular formula is C16H15ClN4O4S. The van der Waals surface area contributed by atoms with Gasteiger partial charge >= 0.3 is 5.97 Å². The van der Waals surface area contributed by atoms with E-state index in [1.807, 2.05) is 0 Å². The number of aryl methyl sites for hydroxylation is 1. The van der Waals surface area contributed by atoms with Crippen molar-refractivity contribution in [3.8, 4) is 5.88 Å². The summed E-state index contributed by atoms with van der Waals surface area (Å²) in [7, 11) is -1.92. The number of aromatic nitrogens is 4. The summed E-state index contributed by atoms with van der Waals surface area (Å²) < 4.78 is 32.4. The molecule has 2 aromatic heterocycles. The van der Waals surface area contributed by atoms with Gasteiger partial charge in [-0.25, -0.2) is 17.9 Å². The maximum absolute atomic E-state index is 12.5. The Morgan fingerprint density at radius 3 is 2.58 bits per heavy atom. The maximum atomic E-state index is 12.5. The number of nitrogens with zero attached hydrogens (tertiary/aromatic N) is 4. The lowest BCUT2D eigenvalue weighted by Gasteiger charge is -2.14. The molecule has 0 aliphatic rings. The number of benzene rings is 1. The van der Waals surface area contributed by atoms with Crippen LogP contribution in [0.3, 0.4) is 0 Å². The van der Waals surface area contributed by atoms with Crippen molar-refractivity contribution in [2.24, 2.45) is 7.05 Å². The van der Waals surface area contributed by atoms with Crippen molar-refractivity contribution < 1.29 is 17.9 Å². The lowest BCUT2D eigenvalue weighted by atomic mass is 10.1. The molecule has 0 radical (unpaired) electrons. The molecule has 0 N–H and O–H groups in total. The number of hydrogen-bond donors (Lipinski definition) is 0. The minimum Gasteiger partial charge on any atom is -0.404 e. The molecule has 0 aliphatic carbocycles. The fourth-order valence-corrected chi connectivity index (χ4v) is 3.71. The monoisotopic (exact) mass is 394 g/mol. The molecule has 0 amide bonds. The first-order valence-electron chi connectivity index (χ1n) is 7.46. The third-order valence-electron chi connectivity index (χ3n) is 3.67. The summed E-state index contributed by atoms with van der Waals surface area (Å²) >= 11 is 6.38. The van der Waals surface area contributed by atoms with Crippen LogP contribution in [0.1, 0.15) is 15.9 Å². The van der Waals surface area contributed by atoms with E-state index in [4.69, 9.17) is 16.3 Å². The van der Waals surface area contributed by atoms with Gasteiger partial charge in [-0.05, 0) is 18.2 Å². The number of esters is 1. The highest BCUT2D eigenvalue weighted by atomic mass is 35.5. The standard InChI is InChI=1S/C16H15ClN4O4S/c1-20-14(6-8-18-20)25-16(22)11-4-5-13(26(2,23)24)12(15(11)17)10-21-9-3-7-19-21/h3-9H,10H2,1-2H3. The van der Waals surface area contributed by atoms with E-state index in [9.17, 15) is 13.2 Å². The molecule has 0 aliphatic heterocycles. The molecule has 0 bridgehead atoms. The fourth-order valence-electron chi connectivity index (χ4n) is 2.42. The van der Waals surface area contributed by atoms with Gasteiger partial charge in [-0.3, -0.25) is 4.68 Å². The Kier molecular flexibility index (Phi) is 4.84. The van der Waals surface area contributed by atoms with Crippen LogP contribution < -0.4 is 4.74 Å². The Bertz CT molecular complexity index is 1060. The number of hydrogen-bond acceptors (Lipinski definition) is 6. The van der Waals surface area contributed by atoms with Gasteiger partial charge in [0.2, 0.25) is 5.88 Å². The number of sulfone groups is 1. The smallest absolute Gasteiger partial charge is 0.346 e. The maximum Gasteiger partial charge on any atom is 0.346 e. The molecule has 1 aromatic carbocycles. The summed E-state index contributed by atoms with van der Waals surface area (Å²) in [6, 6.07) is 5.92. The third-order valence-corrected chi connectivity index (χ3v) is 5.29. The van der Waals surface area contributed by atoms with E-state index in [0.717, 1.165) is 6.26 Å². The molecule has 10 heteroatoms. The minimum atomic E-state index is -3.55. The van der Waals surface area contributed by atoms with Gasteiger partial charge in [-0.15, -0.1) is 0 Å². The van der Waals surface area contributed by atoms with Crippen molar-refractivity contribution in [1.29, 1.82) is 0 Å². The van der Waals surface area contributed by atoms with Crippen LogP contribution in [0.4, 0.5) is 0 Å². The van der Waals surface area contributed by atoms with E-state index >= 15 is 0 Å². The molecule has 136 valence electrons. The number of carbonyl (C=O) groups is 1. The highest BCUT2D eigenvalue weighted by molar-refractivity contribution is 7.90. The van der Waals surface area contributed by atoms with Crippen LogP contribution >= 0.6 is 11.6 Å². The largest absolute Gasteiger partial charge is 0.404 e. The summed E-state index contributed by atoms with van der Waals surface area (Å²) in [5.41, 5.74) is 0.333. The molecule has 0 atom stereocenters. The van der Waals surface area contributed by atoms with E-state index in [2.05, 4.69) is 10.2 Å². The Morgan fingerprint density at radius 1 is 1.23 bits per heavy atom. The second-order valence-corrected chi connectivity index (χ2v) is 7.92. The Balaban J connectivity index is 2.04. The molecule has 2 heterocycles. The van der Waals surface area contributed by atoms with Crippen LogP contribution in [-0.4, -0.2) is 40.2 Å². The molecule has 8 nitrogen and oxygen atoms in total. The van der Waals surface area contributed by atoms with Gasteiger partial charge in [0.25, 0.3) is 0 Å². The molecule has 0 saturated heterocycles. The summed E-state index contributed by atoms with van der Waals surface area (Å²) in [6.45, 7) is 0.0983. The number of halogens is 1. The molecule has 0 saturated carbocycles. The van der Waals surface area contributed by atoms with Gasteiger partial charge < -0.3 is 4.74 Å². The van der Waals surface area contributed by atoms with Gasteiger partial charge in [0.05, 0.1) is 28.2 Å². The normalized spacial score (nSPS) is 11.5. The van der Waals surface area contributed by atoms with Gasteiger partial charge in [0, 0.05) is 37.3 Å². The quantitative estimate of drug-likeness (QED) is 0.613. The second-order valence-electron chi connectivity index (χ2n) is 5.56. The highest BCUT2D eigenvalue weighted by Crippen LogP contribution is 2.29. The molecular weight excluding hydrogens is 380 g/mol. The first-order valence-corrected chi connectivity index (χ1v) is 9.73. The van der Waals surface area contributed by atoms with E-state index in [-0.39, 0.29) is 33.5 Å². The minimum absolute atomic E-state index is 0.00981. The average Bonchev–Trinajstić information content (AvgIpc) is 3.20. The highest BCUT2D eigenvalue weighted by Gasteiger charge is 2.23. The van der Waals surface area contributed by atoms with Crippen molar-refractivity contribution in [1.82, 2.24) is 19.6 Å². The summed E-state index contributed by atoms with van der Waals surface area (Å²) in [4.78, 5) is 12.5. The fraction of sp³-hybridized carbons (Fsp3) is 0.188. The lowest BCUT2D eigenvalue weighted by molar-refractivity contribution is 0.0720. The topological polar surface area (TPSA) is 96.1 Å². The zero-order valence-corrected chi connectivity index (χ0v) is 15.5. The van der Waals surface area contributed by atoms with Crippen LogP contribution in [-0.2, 0) is 23.4 Å². The first kappa shape index (κ1) is 18.2. The van der Waals surface area contributed by atoms with Crippen LogP contribution in [0.2, 0.25) is 5.02 Å². The molecule has 3 rings (SSSR count). The summed E-state index contributed by atoms with van der Waals surface area (Å²) in [5.74, 6) is -0.466. The number of ether oxygens (including phenoxy) is 1. The average molecular weight is 395 g/mol. The Morgan fingerprint density at radius 2 is 2.00 bits per heavy atom. The van der Waals surface area contributed by atoms with Crippen LogP contribution in [0.25, 0.3) is 0 Å². The second kappa shape index (κ2) is 6.93. The van der Waals surface area contributed by atoms with Gasteiger partial charge in [-0.1, -0.05) is 11.6 Å². The van der Waals surface area contributed by atoms with Crippen molar-refractivity contribution in [2.45, 2.75) is 11.4 Å². The van der Waals surface area contributed by atoms with Gasteiger partial charge in [0.1, 0.15) is 0 Å². The predicted molar refractivity (Wildman–Crippen MR) is 94.1 cm³/mol. The Hall–Kier alpha value is -2.65.